The molecule has 1 aromatic carbocycles. The second-order valence-corrected chi connectivity index (χ2v) is 4.38. The van der Waals surface area contributed by atoms with Crippen molar-refractivity contribution in [3.8, 4) is 5.75 Å². The lowest BCUT2D eigenvalue weighted by Crippen LogP contribution is -2.36. The second kappa shape index (κ2) is 7.66. The molecule has 0 saturated carbocycles. The van der Waals surface area contributed by atoms with Crippen LogP contribution in [0.4, 0.5) is 0 Å². The van der Waals surface area contributed by atoms with Crippen LogP contribution in [0.25, 0.3) is 0 Å². The summed E-state index contributed by atoms with van der Waals surface area (Å²) in [7, 11) is 0. The largest absolute Gasteiger partial charge is 0.493 e. The number of benzene rings is 1. The average Bonchev–Trinajstić information content (AvgIpc) is 2.30. The molecule has 18 heavy (non-hydrogen) atoms. The summed E-state index contributed by atoms with van der Waals surface area (Å²) < 4.78 is 5.49. The summed E-state index contributed by atoms with van der Waals surface area (Å²) in [5, 5.41) is 7.63. The van der Waals surface area contributed by atoms with Crippen molar-refractivity contribution in [3.63, 3.8) is 0 Å². The van der Waals surface area contributed by atoms with E-state index in [1.807, 2.05) is 45.0 Å². The molecule has 0 spiro atoms. The number of para-hydroxylation sites is 1. The van der Waals surface area contributed by atoms with Crippen molar-refractivity contribution in [2.24, 2.45) is 5.10 Å². The molecule has 0 heterocycles. The van der Waals surface area contributed by atoms with Gasteiger partial charge in [0.1, 0.15) is 5.75 Å². The second-order valence-electron chi connectivity index (χ2n) is 3.97. The predicted molar refractivity (Wildman–Crippen MR) is 79.2 cm³/mol. The molecule has 0 aliphatic carbocycles. The van der Waals surface area contributed by atoms with Crippen LogP contribution in [0.2, 0.25) is 0 Å². The highest BCUT2D eigenvalue weighted by Gasteiger charge is 1.99. The zero-order chi connectivity index (χ0) is 13.4. The van der Waals surface area contributed by atoms with Crippen molar-refractivity contribution >= 4 is 23.5 Å². The van der Waals surface area contributed by atoms with Gasteiger partial charge < -0.3 is 10.1 Å². The molecular weight excluding hydrogens is 246 g/mol. The molecule has 1 rings (SSSR count). The lowest BCUT2D eigenvalue weighted by molar-refractivity contribution is 0.340. The van der Waals surface area contributed by atoms with E-state index in [0.29, 0.717) is 11.7 Å². The SMILES string of the molecule is CCOc1ccccc1/C=N/NC(=S)NC(C)C. The summed E-state index contributed by atoms with van der Waals surface area (Å²) in [6.45, 7) is 6.61. The first-order valence-corrected chi connectivity index (χ1v) is 6.35. The highest BCUT2D eigenvalue weighted by Crippen LogP contribution is 2.15. The molecule has 0 amide bonds. The van der Waals surface area contributed by atoms with Crippen molar-refractivity contribution in [2.45, 2.75) is 26.8 Å². The maximum absolute atomic E-state index is 5.49. The maximum atomic E-state index is 5.49. The summed E-state index contributed by atoms with van der Waals surface area (Å²) in [4.78, 5) is 0. The molecule has 0 bridgehead atoms. The van der Waals surface area contributed by atoms with E-state index in [0.717, 1.165) is 11.3 Å². The lowest BCUT2D eigenvalue weighted by atomic mass is 10.2. The normalized spacial score (nSPS) is 10.7. The van der Waals surface area contributed by atoms with Gasteiger partial charge in [0.15, 0.2) is 5.11 Å². The molecule has 2 N–H and O–H groups in total. The Kier molecular flexibility index (Phi) is 6.14. The summed E-state index contributed by atoms with van der Waals surface area (Å²) in [6, 6.07) is 8.01. The van der Waals surface area contributed by atoms with E-state index in [-0.39, 0.29) is 6.04 Å². The lowest BCUT2D eigenvalue weighted by Gasteiger charge is -2.10. The fraction of sp³-hybridized carbons (Fsp3) is 0.385. The van der Waals surface area contributed by atoms with Crippen LogP contribution in [0.15, 0.2) is 29.4 Å². The number of thiocarbonyl (C=S) groups is 1. The van der Waals surface area contributed by atoms with Crippen molar-refractivity contribution < 1.29 is 4.74 Å². The van der Waals surface area contributed by atoms with Crippen LogP contribution < -0.4 is 15.5 Å². The van der Waals surface area contributed by atoms with E-state index < -0.39 is 0 Å². The number of nitrogens with one attached hydrogen (secondary N) is 2. The molecule has 0 fully saturated rings. The standard InChI is InChI=1S/C13H19N3OS/c1-4-17-12-8-6-5-7-11(12)9-14-16-13(18)15-10(2)3/h5-10H,4H2,1-3H3,(H2,15,16,18)/b14-9+. The quantitative estimate of drug-likeness (QED) is 0.487. The third kappa shape index (κ3) is 5.14. The van der Waals surface area contributed by atoms with Gasteiger partial charge >= 0.3 is 0 Å². The van der Waals surface area contributed by atoms with Crippen LogP contribution in [-0.2, 0) is 0 Å². The van der Waals surface area contributed by atoms with Gasteiger partial charge in [0, 0.05) is 11.6 Å². The predicted octanol–water partition coefficient (Wildman–Crippen LogP) is 2.29. The highest BCUT2D eigenvalue weighted by molar-refractivity contribution is 7.80. The van der Waals surface area contributed by atoms with Gasteiger partial charge in [0.05, 0.1) is 12.8 Å². The minimum Gasteiger partial charge on any atom is -0.493 e. The van der Waals surface area contributed by atoms with Gasteiger partial charge in [-0.05, 0) is 45.1 Å². The Morgan fingerprint density at radius 1 is 1.44 bits per heavy atom. The van der Waals surface area contributed by atoms with Crippen molar-refractivity contribution in [2.75, 3.05) is 6.61 Å². The number of ether oxygens (including phenoxy) is 1. The van der Waals surface area contributed by atoms with Gasteiger partial charge in [-0.2, -0.15) is 5.10 Å². The number of nitrogens with zero attached hydrogens (tertiary/aromatic N) is 1. The molecule has 4 nitrogen and oxygen atoms in total. The molecule has 1 aromatic rings. The topological polar surface area (TPSA) is 45.6 Å². The van der Waals surface area contributed by atoms with Crippen LogP contribution in [-0.4, -0.2) is 24.0 Å². The molecule has 0 aromatic heterocycles. The smallest absolute Gasteiger partial charge is 0.187 e. The Hall–Kier alpha value is -1.62. The zero-order valence-corrected chi connectivity index (χ0v) is 11.8. The van der Waals surface area contributed by atoms with Crippen LogP contribution >= 0.6 is 12.2 Å². The third-order valence-electron chi connectivity index (χ3n) is 2.01. The van der Waals surface area contributed by atoms with Crippen molar-refractivity contribution in [1.82, 2.24) is 10.7 Å². The summed E-state index contributed by atoms with van der Waals surface area (Å²) in [5.41, 5.74) is 3.68. The number of rotatable bonds is 5. The Labute approximate surface area is 113 Å². The van der Waals surface area contributed by atoms with Crippen LogP contribution in [0, 0.1) is 0 Å². The fourth-order valence-electron chi connectivity index (χ4n) is 1.33. The summed E-state index contributed by atoms with van der Waals surface area (Å²) >= 11 is 5.06. The Morgan fingerprint density at radius 3 is 2.83 bits per heavy atom. The molecule has 0 aliphatic rings. The summed E-state index contributed by atoms with van der Waals surface area (Å²) in [5.74, 6) is 0.813. The molecular formula is C13H19N3OS. The molecule has 0 saturated heterocycles. The van der Waals surface area contributed by atoms with Gasteiger partial charge in [-0.25, -0.2) is 0 Å². The number of hydrogen-bond donors (Lipinski definition) is 2. The molecule has 98 valence electrons. The molecule has 0 radical (unpaired) electrons. The first-order valence-electron chi connectivity index (χ1n) is 5.95. The van der Waals surface area contributed by atoms with Gasteiger partial charge in [0.2, 0.25) is 0 Å². The third-order valence-corrected chi connectivity index (χ3v) is 2.22. The Morgan fingerprint density at radius 2 is 2.17 bits per heavy atom. The first-order chi connectivity index (χ1) is 8.63. The van der Waals surface area contributed by atoms with Crippen LogP contribution in [0.1, 0.15) is 26.3 Å². The van der Waals surface area contributed by atoms with Gasteiger partial charge in [-0.1, -0.05) is 12.1 Å². The average molecular weight is 265 g/mol. The van der Waals surface area contributed by atoms with E-state index >= 15 is 0 Å². The van der Waals surface area contributed by atoms with Crippen LogP contribution in [0.3, 0.4) is 0 Å². The number of hydrogen-bond acceptors (Lipinski definition) is 3. The monoisotopic (exact) mass is 265 g/mol. The Bertz CT molecular complexity index is 418. The number of hydrazone groups is 1. The summed E-state index contributed by atoms with van der Waals surface area (Å²) in [6.07, 6.45) is 1.69. The zero-order valence-electron chi connectivity index (χ0n) is 10.9. The van der Waals surface area contributed by atoms with E-state index in [4.69, 9.17) is 17.0 Å². The van der Waals surface area contributed by atoms with E-state index in [9.17, 15) is 0 Å². The molecule has 0 unspecified atom stereocenters. The highest BCUT2D eigenvalue weighted by atomic mass is 32.1. The maximum Gasteiger partial charge on any atom is 0.187 e. The molecule has 5 heteroatoms. The molecule has 0 atom stereocenters. The fourth-order valence-corrected chi connectivity index (χ4v) is 1.62. The Balaban J connectivity index is 2.58. The first kappa shape index (κ1) is 14.4. The van der Waals surface area contributed by atoms with Gasteiger partial charge in [0.25, 0.3) is 0 Å². The van der Waals surface area contributed by atoms with Crippen molar-refractivity contribution in [3.05, 3.63) is 29.8 Å². The van der Waals surface area contributed by atoms with Crippen LogP contribution in [0.5, 0.6) is 5.75 Å². The molecule has 0 aliphatic heterocycles. The minimum absolute atomic E-state index is 0.288. The van der Waals surface area contributed by atoms with Gasteiger partial charge in [-0.3, -0.25) is 5.43 Å². The van der Waals surface area contributed by atoms with E-state index in [1.54, 1.807) is 6.21 Å². The van der Waals surface area contributed by atoms with E-state index in [2.05, 4.69) is 15.8 Å². The van der Waals surface area contributed by atoms with E-state index in [1.165, 1.54) is 0 Å². The van der Waals surface area contributed by atoms with Crippen molar-refractivity contribution in [1.29, 1.82) is 0 Å². The minimum atomic E-state index is 0.288. The van der Waals surface area contributed by atoms with Gasteiger partial charge in [-0.15, -0.1) is 0 Å².